The molecule has 0 saturated heterocycles. The van der Waals surface area contributed by atoms with Crippen molar-refractivity contribution in [3.63, 3.8) is 0 Å². The van der Waals surface area contributed by atoms with Gasteiger partial charge < -0.3 is 58.8 Å². The second-order valence-electron chi connectivity index (χ2n) is 11.6. The van der Waals surface area contributed by atoms with Crippen LogP contribution in [-0.4, -0.2) is 91.1 Å². The number of aliphatic hydroxyl groups excluding tert-OH is 4. The minimum atomic E-state index is -0.407. The Bertz CT molecular complexity index is 782. The first-order chi connectivity index (χ1) is 21.3. The molecule has 0 bridgehead atoms. The Labute approximate surface area is 328 Å². The Morgan fingerprint density at radius 3 is 0.400 bits per heavy atom. The minimum Gasteiger partial charge on any atom is -0.393 e. The quantitative estimate of drug-likeness (QED) is 0.162. The first-order valence-corrected chi connectivity index (χ1v) is 15.5. The van der Waals surface area contributed by atoms with Crippen molar-refractivity contribution < 1.29 is 99.0 Å². The van der Waals surface area contributed by atoms with E-state index in [-0.39, 0.29) is 98.3 Å². The molecule has 0 amide bonds. The SMILES string of the molecule is CC(=O)[C-](C)C(C)=O.CC(=O)[C-](C)C(C)=O.CC(=O)[C-](C)C(C)=O.CC(=O)[C-](C)C(C)=O.CC(O)C(C)C(C)O.CC(O)C(C)C(C)O.[Ir].[Ir]. The van der Waals surface area contributed by atoms with Gasteiger partial charge in [0.15, 0.2) is 0 Å². The monoisotopic (exact) mass is 1070 g/mol. The number of rotatable bonds is 12. The van der Waals surface area contributed by atoms with Gasteiger partial charge in [-0.2, -0.15) is 27.7 Å². The zero-order chi connectivity index (χ0) is 40.4. The molecule has 0 spiro atoms. The summed E-state index contributed by atoms with van der Waals surface area (Å²) in [5.74, 6) is 0.130. The fraction of sp³-hybridized carbons (Fsp3) is 0.667. The third kappa shape index (κ3) is 44.0. The van der Waals surface area contributed by atoms with Gasteiger partial charge in [-0.05, 0) is 83.1 Å². The normalized spacial score (nSPS) is 12.4. The molecule has 0 aliphatic heterocycles. The molecule has 0 fully saturated rings. The van der Waals surface area contributed by atoms with Crippen molar-refractivity contribution in [2.75, 3.05) is 0 Å². The predicted octanol–water partition coefficient (Wildman–Crippen LogP) is 3.80. The van der Waals surface area contributed by atoms with Crippen LogP contribution in [0.4, 0.5) is 0 Å². The number of carbonyl (C=O) groups excluding carboxylic acids is 8. The molecule has 302 valence electrons. The van der Waals surface area contributed by atoms with Gasteiger partial charge in [-0.25, -0.2) is 0 Å². The zero-order valence-electron chi connectivity index (χ0n) is 33.2. The molecular formula is C36H64Ir2O12-4. The van der Waals surface area contributed by atoms with Crippen molar-refractivity contribution >= 4 is 46.3 Å². The molecule has 4 unspecified atom stereocenters. The van der Waals surface area contributed by atoms with Crippen molar-refractivity contribution in [3.8, 4) is 0 Å². The van der Waals surface area contributed by atoms with Gasteiger partial charge in [0.2, 0.25) is 0 Å². The minimum absolute atomic E-state index is 0. The first-order valence-electron chi connectivity index (χ1n) is 15.5. The summed E-state index contributed by atoms with van der Waals surface area (Å²) in [5.41, 5.74) is 0. The molecule has 50 heavy (non-hydrogen) atoms. The Balaban J connectivity index is -0.0000000700. The van der Waals surface area contributed by atoms with E-state index in [9.17, 15) is 38.4 Å². The molecule has 0 heterocycles. The second kappa shape index (κ2) is 36.8. The van der Waals surface area contributed by atoms with Gasteiger partial charge in [0, 0.05) is 98.3 Å². The summed E-state index contributed by atoms with van der Waals surface area (Å²) < 4.78 is 0. The van der Waals surface area contributed by atoms with Crippen molar-refractivity contribution in [1.82, 2.24) is 0 Å². The van der Waals surface area contributed by atoms with Crippen LogP contribution >= 0.6 is 0 Å². The second-order valence-corrected chi connectivity index (χ2v) is 11.6. The maximum atomic E-state index is 10.3. The van der Waals surface area contributed by atoms with Crippen LogP contribution in [0.1, 0.15) is 125 Å². The van der Waals surface area contributed by atoms with Crippen LogP contribution in [0.2, 0.25) is 0 Å². The van der Waals surface area contributed by atoms with Crippen LogP contribution in [0, 0.1) is 35.5 Å². The number of ketones is 8. The van der Waals surface area contributed by atoms with Gasteiger partial charge in [-0.1, -0.05) is 13.8 Å². The molecule has 0 aliphatic carbocycles. The molecule has 0 aliphatic rings. The Morgan fingerprint density at radius 1 is 0.320 bits per heavy atom. The van der Waals surface area contributed by atoms with Gasteiger partial charge in [-0.15, -0.1) is 0 Å². The molecule has 0 aromatic heterocycles. The average molecular weight is 1070 g/mol. The summed E-state index contributed by atoms with van der Waals surface area (Å²) in [4.78, 5) is 82.6. The van der Waals surface area contributed by atoms with Crippen molar-refractivity contribution in [2.45, 2.75) is 149 Å². The van der Waals surface area contributed by atoms with E-state index in [0.29, 0.717) is 23.7 Å². The van der Waals surface area contributed by atoms with Gasteiger partial charge in [0.05, 0.1) is 24.4 Å². The first kappa shape index (κ1) is 66.3. The number of hydrogen-bond donors (Lipinski definition) is 4. The van der Waals surface area contributed by atoms with Crippen LogP contribution < -0.4 is 0 Å². The smallest absolute Gasteiger partial charge is 0.0562 e. The zero-order valence-corrected chi connectivity index (χ0v) is 38.0. The Kier molecular flexibility index (Phi) is 48.7. The molecule has 0 aromatic rings. The maximum absolute atomic E-state index is 10.3. The van der Waals surface area contributed by atoms with E-state index in [4.69, 9.17) is 20.4 Å². The summed E-state index contributed by atoms with van der Waals surface area (Å²) in [5, 5.41) is 35.3. The van der Waals surface area contributed by atoms with Gasteiger partial charge in [0.25, 0.3) is 0 Å². The van der Waals surface area contributed by atoms with E-state index < -0.39 is 24.4 Å². The number of Topliss-reactive ketones (excluding diaryl/α,β-unsaturated/α-hetero) is 8. The van der Waals surface area contributed by atoms with E-state index in [2.05, 4.69) is 0 Å². The van der Waals surface area contributed by atoms with Crippen molar-refractivity contribution in [3.05, 3.63) is 23.7 Å². The summed E-state index contributed by atoms with van der Waals surface area (Å²) in [7, 11) is 0. The molecule has 2 radical (unpaired) electrons. The van der Waals surface area contributed by atoms with Crippen molar-refractivity contribution in [2.24, 2.45) is 11.8 Å². The molecular weight excluding hydrogens is 1010 g/mol. The van der Waals surface area contributed by atoms with E-state index >= 15 is 0 Å². The molecule has 0 rings (SSSR count). The maximum Gasteiger partial charge on any atom is 0.0562 e. The van der Waals surface area contributed by atoms with Gasteiger partial charge in [-0.3, -0.25) is 23.7 Å². The fourth-order valence-electron chi connectivity index (χ4n) is 1.80. The van der Waals surface area contributed by atoms with Crippen LogP contribution in [0.5, 0.6) is 0 Å². The summed E-state index contributed by atoms with van der Waals surface area (Å²) in [6, 6.07) is 0. The fourth-order valence-corrected chi connectivity index (χ4v) is 1.80. The van der Waals surface area contributed by atoms with Crippen LogP contribution in [0.25, 0.3) is 0 Å². The Morgan fingerprint density at radius 2 is 0.400 bits per heavy atom. The Hall–Kier alpha value is -2.02. The van der Waals surface area contributed by atoms with Crippen molar-refractivity contribution in [1.29, 1.82) is 0 Å². The van der Waals surface area contributed by atoms with Crippen LogP contribution in [0.3, 0.4) is 0 Å². The molecule has 4 N–H and O–H groups in total. The summed E-state index contributed by atoms with van der Waals surface area (Å²) >= 11 is 0. The number of carbonyl (C=O) groups is 8. The molecule has 14 heteroatoms. The molecule has 4 atom stereocenters. The van der Waals surface area contributed by atoms with Gasteiger partial charge >= 0.3 is 0 Å². The predicted molar refractivity (Wildman–Crippen MR) is 186 cm³/mol. The largest absolute Gasteiger partial charge is 0.393 e. The van der Waals surface area contributed by atoms with Crippen LogP contribution in [-0.2, 0) is 78.6 Å². The summed E-state index contributed by atoms with van der Waals surface area (Å²) in [6.45, 7) is 27.6. The topological polar surface area (TPSA) is 217 Å². The standard InChI is InChI=1S/2C6H14O2.4C6H9O2.2Ir/c6*1-4(5(2)7)6(3)8;;/h2*4-8H,1-3H3;4*1-3H3;;/q;;4*-1;;. The third-order valence-corrected chi connectivity index (χ3v) is 7.27. The molecule has 12 nitrogen and oxygen atoms in total. The van der Waals surface area contributed by atoms with E-state index in [1.807, 2.05) is 13.8 Å². The number of hydrogen-bond acceptors (Lipinski definition) is 12. The van der Waals surface area contributed by atoms with E-state index in [0.717, 1.165) is 0 Å². The number of aliphatic hydroxyl groups is 4. The third-order valence-electron chi connectivity index (χ3n) is 7.27. The average Bonchev–Trinajstić information content (AvgIpc) is 2.95. The van der Waals surface area contributed by atoms with E-state index in [1.54, 1.807) is 27.7 Å². The summed E-state index contributed by atoms with van der Waals surface area (Å²) in [6.07, 6.45) is -1.63. The molecule has 0 saturated carbocycles. The van der Waals surface area contributed by atoms with E-state index in [1.165, 1.54) is 83.1 Å². The van der Waals surface area contributed by atoms with Crippen LogP contribution in [0.15, 0.2) is 0 Å². The van der Waals surface area contributed by atoms with Gasteiger partial charge in [0.1, 0.15) is 0 Å². The molecule has 0 aromatic carbocycles.